The summed E-state index contributed by atoms with van der Waals surface area (Å²) in [5.74, 6) is 0. The van der Waals surface area contributed by atoms with Crippen molar-refractivity contribution in [2.75, 3.05) is 24.5 Å². The molecule has 0 radical (unpaired) electrons. The Morgan fingerprint density at radius 3 is 2.29 bits per heavy atom. The maximum Gasteiger partial charge on any atom is 0.208 e. The maximum absolute atomic E-state index is 4.42. The lowest BCUT2D eigenvalue weighted by molar-refractivity contribution is 0.163. The molecule has 3 rings (SSSR count). The molecule has 2 saturated heterocycles. The molecule has 3 heterocycles. The van der Waals surface area contributed by atoms with Gasteiger partial charge >= 0.3 is 0 Å². The summed E-state index contributed by atoms with van der Waals surface area (Å²) in [4.78, 5) is 5.17. The molecule has 1 aromatic heterocycles. The van der Waals surface area contributed by atoms with Crippen LogP contribution < -0.4 is 4.90 Å². The van der Waals surface area contributed by atoms with E-state index in [1.54, 1.807) is 11.3 Å². The molecule has 0 amide bonds. The number of rotatable bonds is 2. The van der Waals surface area contributed by atoms with Crippen LogP contribution in [-0.4, -0.2) is 46.8 Å². The van der Waals surface area contributed by atoms with Crippen LogP contribution >= 0.6 is 11.3 Å². The smallest absolute Gasteiger partial charge is 0.208 e. The highest BCUT2D eigenvalue weighted by Gasteiger charge is 2.31. The molecule has 0 aromatic carbocycles. The fraction of sp³-hybridized carbons (Fsp3) is 0.875. The zero-order chi connectivity index (χ0) is 15.0. The molecule has 4 nitrogen and oxygen atoms in total. The lowest BCUT2D eigenvalue weighted by atomic mass is 9.98. The first kappa shape index (κ1) is 15.2. The third kappa shape index (κ3) is 3.24. The van der Waals surface area contributed by atoms with Crippen LogP contribution in [0.3, 0.4) is 0 Å². The fourth-order valence-electron chi connectivity index (χ4n) is 3.53. The van der Waals surface area contributed by atoms with Crippen molar-refractivity contribution in [2.24, 2.45) is 0 Å². The average Bonchev–Trinajstić information content (AvgIpc) is 3.07. The SMILES string of the molecule is CC1CCCN1C1CCN(c2nnc(C(C)(C)C)s2)CC1. The van der Waals surface area contributed by atoms with Gasteiger partial charge in [0.1, 0.15) is 5.01 Å². The number of hydrogen-bond donors (Lipinski definition) is 0. The number of likely N-dealkylation sites (tertiary alicyclic amines) is 1. The van der Waals surface area contributed by atoms with Crippen LogP contribution in [0.15, 0.2) is 0 Å². The molecule has 5 heteroatoms. The molecule has 2 aliphatic rings. The van der Waals surface area contributed by atoms with Crippen molar-refractivity contribution in [2.45, 2.75) is 70.9 Å². The highest BCUT2D eigenvalue weighted by molar-refractivity contribution is 7.15. The lowest BCUT2D eigenvalue weighted by Crippen LogP contribution is -2.46. The second-order valence-electron chi connectivity index (χ2n) is 7.59. The number of hydrogen-bond acceptors (Lipinski definition) is 5. The van der Waals surface area contributed by atoms with Crippen LogP contribution in [0, 0.1) is 0 Å². The predicted octanol–water partition coefficient (Wildman–Crippen LogP) is 3.29. The second-order valence-corrected chi connectivity index (χ2v) is 8.54. The van der Waals surface area contributed by atoms with Crippen LogP contribution in [0.2, 0.25) is 0 Å². The van der Waals surface area contributed by atoms with E-state index in [1.807, 2.05) is 0 Å². The molecule has 1 aromatic rings. The Balaban J connectivity index is 1.59. The molecular weight excluding hydrogens is 280 g/mol. The molecule has 0 saturated carbocycles. The molecule has 0 bridgehead atoms. The van der Waals surface area contributed by atoms with Crippen molar-refractivity contribution in [3.05, 3.63) is 5.01 Å². The summed E-state index contributed by atoms with van der Waals surface area (Å²) in [6, 6.07) is 1.57. The summed E-state index contributed by atoms with van der Waals surface area (Å²) in [6.45, 7) is 12.6. The lowest BCUT2D eigenvalue weighted by Gasteiger charge is -2.38. The van der Waals surface area contributed by atoms with Gasteiger partial charge in [0.2, 0.25) is 5.13 Å². The zero-order valence-corrected chi connectivity index (χ0v) is 14.6. The van der Waals surface area contributed by atoms with E-state index in [4.69, 9.17) is 0 Å². The van der Waals surface area contributed by atoms with Crippen LogP contribution in [0.1, 0.15) is 58.4 Å². The summed E-state index contributed by atoms with van der Waals surface area (Å²) >= 11 is 1.77. The van der Waals surface area contributed by atoms with E-state index in [0.717, 1.165) is 35.3 Å². The van der Waals surface area contributed by atoms with Crippen LogP contribution in [0.5, 0.6) is 0 Å². The van der Waals surface area contributed by atoms with Gasteiger partial charge in [-0.25, -0.2) is 0 Å². The molecule has 1 unspecified atom stereocenters. The summed E-state index contributed by atoms with van der Waals surface area (Å²) in [5, 5.41) is 11.1. The molecule has 0 spiro atoms. The monoisotopic (exact) mass is 308 g/mol. The van der Waals surface area contributed by atoms with E-state index < -0.39 is 0 Å². The van der Waals surface area contributed by atoms with Crippen molar-refractivity contribution in [1.82, 2.24) is 15.1 Å². The highest BCUT2D eigenvalue weighted by atomic mass is 32.1. The van der Waals surface area contributed by atoms with E-state index in [-0.39, 0.29) is 5.41 Å². The van der Waals surface area contributed by atoms with Gasteiger partial charge in [0.15, 0.2) is 0 Å². The quantitative estimate of drug-likeness (QED) is 0.839. The topological polar surface area (TPSA) is 32.3 Å². The number of aromatic nitrogens is 2. The van der Waals surface area contributed by atoms with Crippen LogP contribution in [-0.2, 0) is 5.41 Å². The Hall–Kier alpha value is -0.680. The van der Waals surface area contributed by atoms with Crippen LogP contribution in [0.25, 0.3) is 0 Å². The minimum absolute atomic E-state index is 0.110. The fourth-order valence-corrected chi connectivity index (χ4v) is 4.49. The van der Waals surface area contributed by atoms with E-state index in [2.05, 4.69) is 47.7 Å². The van der Waals surface area contributed by atoms with Gasteiger partial charge in [-0.05, 0) is 39.2 Å². The minimum Gasteiger partial charge on any atom is -0.347 e. The van der Waals surface area contributed by atoms with Gasteiger partial charge in [-0.15, -0.1) is 10.2 Å². The molecule has 118 valence electrons. The molecule has 1 atom stereocenters. The first-order valence-corrected chi connectivity index (χ1v) is 9.11. The number of piperidine rings is 1. The van der Waals surface area contributed by atoms with Gasteiger partial charge < -0.3 is 4.90 Å². The van der Waals surface area contributed by atoms with E-state index in [9.17, 15) is 0 Å². The molecule has 0 aliphatic carbocycles. The van der Waals surface area contributed by atoms with Crippen molar-refractivity contribution >= 4 is 16.5 Å². The first-order chi connectivity index (χ1) is 9.95. The Kier molecular flexibility index (Phi) is 4.23. The Morgan fingerprint density at radius 1 is 1.05 bits per heavy atom. The Labute approximate surface area is 132 Å². The first-order valence-electron chi connectivity index (χ1n) is 8.30. The van der Waals surface area contributed by atoms with Gasteiger partial charge in [-0.3, -0.25) is 4.90 Å². The van der Waals surface area contributed by atoms with Crippen molar-refractivity contribution in [3.8, 4) is 0 Å². The van der Waals surface area contributed by atoms with E-state index in [1.165, 1.54) is 32.2 Å². The molecular formula is C16H28N4S. The highest BCUT2D eigenvalue weighted by Crippen LogP contribution is 2.32. The van der Waals surface area contributed by atoms with Gasteiger partial charge in [0.05, 0.1) is 0 Å². The summed E-state index contributed by atoms with van der Waals surface area (Å²) in [5.41, 5.74) is 0.110. The van der Waals surface area contributed by atoms with Crippen molar-refractivity contribution in [3.63, 3.8) is 0 Å². The zero-order valence-electron chi connectivity index (χ0n) is 13.8. The van der Waals surface area contributed by atoms with E-state index in [0.29, 0.717) is 0 Å². The molecule has 21 heavy (non-hydrogen) atoms. The van der Waals surface area contributed by atoms with Crippen molar-refractivity contribution in [1.29, 1.82) is 0 Å². The number of anilines is 1. The number of nitrogens with zero attached hydrogens (tertiary/aromatic N) is 4. The average molecular weight is 308 g/mol. The summed E-state index contributed by atoms with van der Waals surface area (Å²) in [6.07, 6.45) is 5.31. The molecule has 0 N–H and O–H groups in total. The third-order valence-electron chi connectivity index (χ3n) is 4.86. The Morgan fingerprint density at radius 2 is 1.76 bits per heavy atom. The van der Waals surface area contributed by atoms with Crippen molar-refractivity contribution < 1.29 is 0 Å². The normalized spacial score (nSPS) is 25.7. The maximum atomic E-state index is 4.42. The summed E-state index contributed by atoms with van der Waals surface area (Å²) < 4.78 is 0. The summed E-state index contributed by atoms with van der Waals surface area (Å²) in [7, 11) is 0. The predicted molar refractivity (Wildman–Crippen MR) is 89.2 cm³/mol. The minimum atomic E-state index is 0.110. The van der Waals surface area contributed by atoms with Gasteiger partial charge in [-0.1, -0.05) is 32.1 Å². The Bertz CT molecular complexity index is 471. The van der Waals surface area contributed by atoms with Crippen LogP contribution in [0.4, 0.5) is 5.13 Å². The van der Waals surface area contributed by atoms with Gasteiger partial charge in [0, 0.05) is 30.6 Å². The third-order valence-corrected chi connectivity index (χ3v) is 6.27. The van der Waals surface area contributed by atoms with E-state index >= 15 is 0 Å². The second kappa shape index (κ2) is 5.84. The van der Waals surface area contributed by atoms with Gasteiger partial charge in [-0.2, -0.15) is 0 Å². The molecule has 2 aliphatic heterocycles. The van der Waals surface area contributed by atoms with Gasteiger partial charge in [0.25, 0.3) is 0 Å². The molecule has 2 fully saturated rings. The largest absolute Gasteiger partial charge is 0.347 e. The standard InChI is InChI=1S/C16H28N4S/c1-12-6-5-9-20(12)13-7-10-19(11-8-13)15-18-17-14(21-15)16(2,3)4/h12-13H,5-11H2,1-4H3.